The molecule has 2 aromatic heterocycles. The molecule has 0 amide bonds. The third kappa shape index (κ3) is 5.69. The summed E-state index contributed by atoms with van der Waals surface area (Å²) in [4.78, 5) is 20.6. The number of thiazole rings is 1. The minimum atomic E-state index is -0.713. The maximum absolute atomic E-state index is 13.1. The van der Waals surface area contributed by atoms with Crippen LogP contribution in [0.25, 0.3) is 32.2 Å². The first-order valence-corrected chi connectivity index (χ1v) is 15.7. The molecule has 7 nitrogen and oxygen atoms in total. The van der Waals surface area contributed by atoms with E-state index in [1.54, 1.807) is 18.3 Å². The molecule has 6 rings (SSSR count). The second-order valence-corrected chi connectivity index (χ2v) is 14.0. The standard InChI is InChI=1S/C34H37ClN4O3S/c1-20-16-26-31(29(22-8-11-25(35)12-9-22)28(20)30(21(2)40)42-33(3,4)5)43-32(37-26)39-14-15-41-34(6,19-39)24-10-13-27-23(17-24)18-36-38(27)7/h8-13,16-18,30H,14-15,19H2,1-7H3/t30-,34?/m1/s1. The first-order valence-electron chi connectivity index (χ1n) is 14.5. The molecule has 43 heavy (non-hydrogen) atoms. The minimum absolute atomic E-state index is 0.0353. The van der Waals surface area contributed by atoms with Crippen molar-refractivity contribution in [1.82, 2.24) is 14.8 Å². The molecule has 0 N–H and O–H groups in total. The number of ether oxygens (including phenoxy) is 2. The molecule has 0 aliphatic carbocycles. The number of rotatable bonds is 6. The van der Waals surface area contributed by atoms with Crippen molar-refractivity contribution in [3.63, 3.8) is 0 Å². The van der Waals surface area contributed by atoms with Crippen LogP contribution in [0.4, 0.5) is 5.13 Å². The van der Waals surface area contributed by atoms with Gasteiger partial charge in [0.05, 0.1) is 40.7 Å². The number of benzene rings is 3. The highest BCUT2D eigenvalue weighted by molar-refractivity contribution is 7.22. The number of aromatic nitrogens is 3. The highest BCUT2D eigenvalue weighted by Gasteiger charge is 2.36. The summed E-state index contributed by atoms with van der Waals surface area (Å²) in [6.45, 7) is 13.7. The van der Waals surface area contributed by atoms with Crippen molar-refractivity contribution < 1.29 is 14.3 Å². The van der Waals surface area contributed by atoms with Gasteiger partial charge in [0.2, 0.25) is 0 Å². The van der Waals surface area contributed by atoms with Gasteiger partial charge < -0.3 is 14.4 Å². The number of hydrogen-bond acceptors (Lipinski definition) is 7. The number of ketones is 1. The van der Waals surface area contributed by atoms with Crippen molar-refractivity contribution in [2.75, 3.05) is 24.6 Å². The van der Waals surface area contributed by atoms with Crippen molar-refractivity contribution in [1.29, 1.82) is 0 Å². The van der Waals surface area contributed by atoms with Gasteiger partial charge in [-0.05, 0) is 88.6 Å². The number of Topliss-reactive ketones (excluding diaryl/α,β-unsaturated/α-hetero) is 1. The normalized spacial score (nSPS) is 18.5. The molecule has 0 bridgehead atoms. The molecule has 0 spiro atoms. The summed E-state index contributed by atoms with van der Waals surface area (Å²) < 4.78 is 15.7. The van der Waals surface area contributed by atoms with Gasteiger partial charge in [0.1, 0.15) is 11.7 Å². The third-order valence-electron chi connectivity index (χ3n) is 8.05. The van der Waals surface area contributed by atoms with Crippen LogP contribution in [0.3, 0.4) is 0 Å². The van der Waals surface area contributed by atoms with Gasteiger partial charge in [-0.3, -0.25) is 9.48 Å². The number of halogens is 1. The number of anilines is 1. The lowest BCUT2D eigenvalue weighted by atomic mass is 9.90. The Bertz CT molecular complexity index is 1840. The number of nitrogens with zero attached hydrogens (tertiary/aromatic N) is 4. The lowest BCUT2D eigenvalue weighted by Gasteiger charge is -2.40. The lowest BCUT2D eigenvalue weighted by Crippen LogP contribution is -2.48. The van der Waals surface area contributed by atoms with Gasteiger partial charge in [-0.1, -0.05) is 41.1 Å². The van der Waals surface area contributed by atoms with Gasteiger partial charge >= 0.3 is 0 Å². The molecule has 224 valence electrons. The summed E-state index contributed by atoms with van der Waals surface area (Å²) in [5, 5.41) is 7.08. The van der Waals surface area contributed by atoms with Crippen molar-refractivity contribution in [2.45, 2.75) is 58.8 Å². The molecule has 0 saturated carbocycles. The highest BCUT2D eigenvalue weighted by atomic mass is 35.5. The summed E-state index contributed by atoms with van der Waals surface area (Å²) in [5.74, 6) is -0.0353. The largest absolute Gasteiger partial charge is 0.367 e. The van der Waals surface area contributed by atoms with E-state index in [4.69, 9.17) is 26.1 Å². The van der Waals surface area contributed by atoms with Crippen LogP contribution in [-0.4, -0.2) is 45.8 Å². The van der Waals surface area contributed by atoms with Crippen molar-refractivity contribution in [3.8, 4) is 11.1 Å². The van der Waals surface area contributed by atoms with E-state index in [1.807, 2.05) is 69.9 Å². The maximum Gasteiger partial charge on any atom is 0.186 e. The van der Waals surface area contributed by atoms with E-state index in [0.29, 0.717) is 18.2 Å². The second kappa shape index (κ2) is 11.0. The minimum Gasteiger partial charge on any atom is -0.367 e. The van der Waals surface area contributed by atoms with E-state index >= 15 is 0 Å². The van der Waals surface area contributed by atoms with Gasteiger partial charge in [-0.2, -0.15) is 5.10 Å². The molecule has 3 heterocycles. The molecule has 5 aromatic rings. The summed E-state index contributed by atoms with van der Waals surface area (Å²) in [6.07, 6.45) is 1.18. The van der Waals surface area contributed by atoms with Gasteiger partial charge in [-0.15, -0.1) is 0 Å². The first kappa shape index (κ1) is 29.8. The summed E-state index contributed by atoms with van der Waals surface area (Å²) in [5.41, 5.74) is 5.87. The lowest BCUT2D eigenvalue weighted by molar-refractivity contribution is -0.138. The van der Waals surface area contributed by atoms with Crippen LogP contribution in [0.5, 0.6) is 0 Å². The van der Waals surface area contributed by atoms with Crippen LogP contribution in [-0.2, 0) is 26.9 Å². The molecule has 2 atom stereocenters. The van der Waals surface area contributed by atoms with E-state index in [2.05, 4.69) is 41.2 Å². The molecule has 1 aliphatic rings. The fourth-order valence-electron chi connectivity index (χ4n) is 5.97. The molecule has 1 aliphatic heterocycles. The fraction of sp³-hybridized carbons (Fsp3) is 0.382. The molecular formula is C34H37ClN4O3S. The van der Waals surface area contributed by atoms with Crippen molar-refractivity contribution >= 4 is 55.0 Å². The van der Waals surface area contributed by atoms with Crippen LogP contribution in [0.1, 0.15) is 57.4 Å². The van der Waals surface area contributed by atoms with Crippen molar-refractivity contribution in [3.05, 3.63) is 76.4 Å². The summed E-state index contributed by atoms with van der Waals surface area (Å²) in [6, 6.07) is 16.3. The predicted octanol–water partition coefficient (Wildman–Crippen LogP) is 8.01. The zero-order valence-corrected chi connectivity index (χ0v) is 27.3. The molecule has 1 fully saturated rings. The Morgan fingerprint density at radius 3 is 2.60 bits per heavy atom. The first-order chi connectivity index (χ1) is 20.3. The monoisotopic (exact) mass is 616 g/mol. The van der Waals surface area contributed by atoms with Gasteiger partial charge in [0, 0.05) is 35.1 Å². The topological polar surface area (TPSA) is 69.5 Å². The Labute approximate surface area is 261 Å². The molecule has 0 radical (unpaired) electrons. The summed E-state index contributed by atoms with van der Waals surface area (Å²) >= 11 is 7.94. The van der Waals surface area contributed by atoms with E-state index in [-0.39, 0.29) is 5.78 Å². The average Bonchev–Trinajstić information content (AvgIpc) is 3.54. The Morgan fingerprint density at radius 1 is 1.16 bits per heavy atom. The van der Waals surface area contributed by atoms with Crippen LogP contribution in [0, 0.1) is 6.92 Å². The van der Waals surface area contributed by atoms with Crippen LogP contribution in [0.15, 0.2) is 54.7 Å². The molecule has 3 aromatic carbocycles. The molecule has 1 unspecified atom stereocenters. The Kier molecular flexibility index (Phi) is 7.62. The Morgan fingerprint density at radius 2 is 1.91 bits per heavy atom. The van der Waals surface area contributed by atoms with Gasteiger partial charge in [-0.25, -0.2) is 4.98 Å². The van der Waals surface area contributed by atoms with Crippen LogP contribution < -0.4 is 4.90 Å². The van der Waals surface area contributed by atoms with Crippen LogP contribution in [0.2, 0.25) is 5.02 Å². The number of aryl methyl sites for hydroxylation is 2. The van der Waals surface area contributed by atoms with E-state index in [9.17, 15) is 4.79 Å². The fourth-order valence-corrected chi connectivity index (χ4v) is 7.25. The Balaban J connectivity index is 1.46. The van der Waals surface area contributed by atoms with E-state index < -0.39 is 17.3 Å². The average molecular weight is 617 g/mol. The second-order valence-electron chi connectivity index (χ2n) is 12.6. The highest BCUT2D eigenvalue weighted by Crippen LogP contribution is 2.45. The van der Waals surface area contributed by atoms with E-state index in [0.717, 1.165) is 60.6 Å². The van der Waals surface area contributed by atoms with Gasteiger partial charge in [0.15, 0.2) is 10.9 Å². The molecule has 9 heteroatoms. The van der Waals surface area contributed by atoms with Crippen LogP contribution >= 0.6 is 22.9 Å². The predicted molar refractivity (Wildman–Crippen MR) is 175 cm³/mol. The maximum atomic E-state index is 13.1. The van der Waals surface area contributed by atoms with Gasteiger partial charge in [0.25, 0.3) is 0 Å². The number of morpholine rings is 1. The summed E-state index contributed by atoms with van der Waals surface area (Å²) in [7, 11) is 1.95. The quantitative estimate of drug-likeness (QED) is 0.192. The number of hydrogen-bond donors (Lipinski definition) is 0. The zero-order valence-electron chi connectivity index (χ0n) is 25.7. The molecule has 1 saturated heterocycles. The number of fused-ring (bicyclic) bond motifs is 2. The number of carbonyl (C=O) groups is 1. The molecular weight excluding hydrogens is 580 g/mol. The van der Waals surface area contributed by atoms with Crippen molar-refractivity contribution in [2.24, 2.45) is 7.05 Å². The SMILES string of the molecule is CC(=O)[C@@H](OC(C)(C)C)c1c(C)cc2nc(N3CCOC(C)(c4ccc5c(cnn5C)c4)C3)sc2c1-c1ccc(Cl)cc1. The van der Waals surface area contributed by atoms with E-state index in [1.165, 1.54) is 0 Å². The number of carbonyl (C=O) groups excluding carboxylic acids is 1. The Hall–Kier alpha value is -3.30. The smallest absolute Gasteiger partial charge is 0.186 e. The third-order valence-corrected chi connectivity index (χ3v) is 9.46. The zero-order chi connectivity index (χ0) is 30.7.